The number of hydrogen-bond acceptors (Lipinski definition) is 0. The first-order valence-corrected chi connectivity index (χ1v) is 24.9. The van der Waals surface area contributed by atoms with Gasteiger partial charge < -0.3 is 0 Å². The molecule has 0 radical (unpaired) electrons. The van der Waals surface area contributed by atoms with Crippen LogP contribution in [-0.2, 0) is 0 Å². The molecule has 0 unspecified atom stereocenters. The Balaban J connectivity index is 5.05. The zero-order chi connectivity index (χ0) is 21.1. The van der Waals surface area contributed by atoms with Gasteiger partial charge in [0.25, 0.3) is 0 Å². The molecule has 0 fully saturated rings. The Morgan fingerprint density at radius 2 is 0.963 bits per heavy atom. The molecule has 0 aliphatic carbocycles. The van der Waals surface area contributed by atoms with Crippen LogP contribution in [0, 0.1) is 53.7 Å². The van der Waals surface area contributed by atoms with Crippen LogP contribution in [0.2, 0.25) is 36.1 Å². The second-order valence-electron chi connectivity index (χ2n) is 9.84. The molecule has 0 amide bonds. The van der Waals surface area contributed by atoms with Crippen molar-refractivity contribution in [2.24, 2.45) is 11.8 Å². The third kappa shape index (κ3) is 16.2. The van der Waals surface area contributed by atoms with Crippen molar-refractivity contribution >= 4 is 34.5 Å². The summed E-state index contributed by atoms with van der Waals surface area (Å²) < 4.78 is 7.25. The molecule has 0 aromatic carbocycles. The van der Waals surface area contributed by atoms with Crippen LogP contribution in [0.5, 0.6) is 0 Å². The van der Waals surface area contributed by atoms with Gasteiger partial charge in [0.1, 0.15) is 0 Å². The minimum absolute atomic E-state index is 0.724. The molecule has 0 nitrogen and oxygen atoms in total. The van der Waals surface area contributed by atoms with E-state index in [1.54, 1.807) is 0 Å². The van der Waals surface area contributed by atoms with Gasteiger partial charge in [0.2, 0.25) is 0 Å². The van der Waals surface area contributed by atoms with E-state index in [9.17, 15) is 0 Å². The van der Waals surface area contributed by atoms with Crippen molar-refractivity contribution in [1.29, 1.82) is 0 Å². The van der Waals surface area contributed by atoms with E-state index in [0.717, 1.165) is 24.7 Å². The fraction of sp³-hybridized carbons (Fsp3) is 0.667. The Bertz CT molecular complexity index is 649. The van der Waals surface area contributed by atoms with Gasteiger partial charge in [-0.2, -0.15) is 0 Å². The van der Waals surface area contributed by atoms with E-state index in [1.165, 1.54) is 12.8 Å². The normalized spacial score (nSPS) is 11.4. The van der Waals surface area contributed by atoms with Crippen molar-refractivity contribution in [2.75, 3.05) is 0 Å². The molecule has 0 N–H and O–H groups in total. The Hall–Kier alpha value is -0.528. The zero-order valence-corrected chi connectivity index (χ0v) is 24.3. The molecule has 0 saturated carbocycles. The third-order valence-electron chi connectivity index (χ3n) is 3.87. The van der Waals surface area contributed by atoms with Crippen molar-refractivity contribution in [3.63, 3.8) is 0 Å². The maximum absolute atomic E-state index is 3.62. The summed E-state index contributed by atoms with van der Waals surface area (Å²) in [5.74, 6) is 8.19. The summed E-state index contributed by atoms with van der Waals surface area (Å²) in [5, 5.41) is 0. The Morgan fingerprint density at radius 3 is 1.26 bits per heavy atom. The summed E-state index contributed by atoms with van der Waals surface area (Å²) in [6.45, 7) is 18.0. The van der Waals surface area contributed by atoms with E-state index in [0.29, 0.717) is 0 Å². The summed E-state index contributed by atoms with van der Waals surface area (Å²) in [6, 6.07) is 0. The minimum atomic E-state index is -2.63. The van der Waals surface area contributed by atoms with Crippen molar-refractivity contribution in [2.45, 2.75) is 89.4 Å². The van der Waals surface area contributed by atoms with Crippen molar-refractivity contribution in [3.05, 3.63) is 0 Å². The van der Waals surface area contributed by atoms with E-state index >= 15 is 0 Å². The van der Waals surface area contributed by atoms with Gasteiger partial charge in [0.05, 0.1) is 0 Å². The second kappa shape index (κ2) is 12.1. The van der Waals surface area contributed by atoms with Gasteiger partial charge in [-0.05, 0) is 0 Å². The fourth-order valence-corrected chi connectivity index (χ4v) is 15.4. The van der Waals surface area contributed by atoms with Crippen LogP contribution in [0.25, 0.3) is 0 Å². The molecule has 0 rings (SSSR count). The van der Waals surface area contributed by atoms with Crippen LogP contribution in [0.4, 0.5) is 0 Å². The number of rotatable bonds is 4. The molecule has 0 heterocycles. The predicted molar refractivity (Wildman–Crippen MR) is 132 cm³/mol. The average Bonchev–Trinajstić information content (AvgIpc) is 2.52. The summed E-state index contributed by atoms with van der Waals surface area (Å²) in [7, 11) is -3.50. The molecule has 0 bridgehead atoms. The molecule has 148 valence electrons. The average molecular weight is 503 g/mol. The molecular weight excluding hydrogens is 463 g/mol. The van der Waals surface area contributed by atoms with Crippen molar-refractivity contribution < 1.29 is 0 Å². The van der Waals surface area contributed by atoms with Crippen LogP contribution in [0.15, 0.2) is 0 Å². The first kappa shape index (κ1) is 26.5. The van der Waals surface area contributed by atoms with Gasteiger partial charge in [-0.25, -0.2) is 0 Å². The molecule has 0 aromatic heterocycles. The second-order valence-corrected chi connectivity index (χ2v) is 28.0. The third-order valence-corrected chi connectivity index (χ3v) is 12.7. The molecule has 0 aliphatic rings. The SMILES string of the molecule is CC(C)CCC#C[Si](C)(C)C#[C][Sn]([CH3])([CH3])[C]#C[Si](C)(C)C#CCCC(C)C. The zero-order valence-electron chi connectivity index (χ0n) is 19.5. The molecule has 0 atom stereocenters. The first-order chi connectivity index (χ1) is 12.2. The first-order valence-electron chi connectivity index (χ1n) is 10.3. The topological polar surface area (TPSA) is 0 Å². The van der Waals surface area contributed by atoms with Gasteiger partial charge >= 0.3 is 178 Å². The monoisotopic (exact) mass is 504 g/mol. The Kier molecular flexibility index (Phi) is 11.9. The Morgan fingerprint density at radius 1 is 0.630 bits per heavy atom. The van der Waals surface area contributed by atoms with E-state index < -0.39 is 34.5 Å². The molecule has 0 saturated heterocycles. The molecule has 0 aliphatic heterocycles. The summed E-state index contributed by atoms with van der Waals surface area (Å²) in [4.78, 5) is 4.64. The van der Waals surface area contributed by atoms with Gasteiger partial charge in [-0.3, -0.25) is 0 Å². The standard InChI is InChI=1S/2C11H17Si.2CH3.Sn/c2*1-6-12(4,5)10-8-7-9-11(2)3;;;/h2*11H,7,9H2,2-5H3;2*1H3;. The van der Waals surface area contributed by atoms with E-state index in [1.807, 2.05) is 0 Å². The van der Waals surface area contributed by atoms with E-state index in [2.05, 4.69) is 106 Å². The van der Waals surface area contributed by atoms with Gasteiger partial charge in [-0.15, -0.1) is 0 Å². The van der Waals surface area contributed by atoms with Gasteiger partial charge in [0, 0.05) is 0 Å². The van der Waals surface area contributed by atoms with Gasteiger partial charge in [0.15, 0.2) is 0 Å². The fourth-order valence-electron chi connectivity index (χ4n) is 2.01. The quantitative estimate of drug-likeness (QED) is 0.315. The molecule has 3 heteroatoms. The number of hydrogen-bond donors (Lipinski definition) is 0. The molecule has 0 aromatic rings. The molecule has 27 heavy (non-hydrogen) atoms. The van der Waals surface area contributed by atoms with E-state index in [4.69, 9.17) is 0 Å². The van der Waals surface area contributed by atoms with E-state index in [-0.39, 0.29) is 0 Å². The summed E-state index contributed by atoms with van der Waals surface area (Å²) >= 11 is -2.63. The molecule has 0 spiro atoms. The van der Waals surface area contributed by atoms with Crippen LogP contribution >= 0.6 is 0 Å². The Labute approximate surface area is 177 Å². The van der Waals surface area contributed by atoms with Crippen molar-refractivity contribution in [1.82, 2.24) is 0 Å². The maximum atomic E-state index is 3.62. The molecular formula is C24H40Si2Sn. The van der Waals surface area contributed by atoms with Crippen LogP contribution < -0.4 is 0 Å². The summed E-state index contributed by atoms with van der Waals surface area (Å²) in [6.07, 6.45) is 4.35. The van der Waals surface area contributed by atoms with Crippen LogP contribution in [0.3, 0.4) is 0 Å². The van der Waals surface area contributed by atoms with Crippen molar-refractivity contribution in [3.8, 4) is 41.9 Å². The predicted octanol–water partition coefficient (Wildman–Crippen LogP) is 6.23. The van der Waals surface area contributed by atoms with Gasteiger partial charge in [-0.1, -0.05) is 0 Å². The van der Waals surface area contributed by atoms with Crippen LogP contribution in [-0.4, -0.2) is 34.5 Å². The summed E-state index contributed by atoms with van der Waals surface area (Å²) in [5.41, 5.74) is 14.1. The van der Waals surface area contributed by atoms with Crippen LogP contribution in [0.1, 0.15) is 53.4 Å².